The Bertz CT molecular complexity index is 1050. The molecule has 0 saturated carbocycles. The maximum atomic E-state index is 12.2. The molecule has 0 unspecified atom stereocenters. The summed E-state index contributed by atoms with van der Waals surface area (Å²) in [4.78, 5) is 8.28. The van der Waals surface area contributed by atoms with Gasteiger partial charge < -0.3 is 10.7 Å². The van der Waals surface area contributed by atoms with Crippen LogP contribution in [-0.2, 0) is 17.7 Å². The van der Waals surface area contributed by atoms with Crippen LogP contribution in [0.2, 0.25) is 0 Å². The fraction of sp³-hybridized carbons (Fsp3) is 0.391. The van der Waals surface area contributed by atoms with E-state index in [-0.39, 0.29) is 42.0 Å². The second-order valence-electron chi connectivity index (χ2n) is 7.02. The number of rotatable bonds is 3. The molecule has 0 aliphatic carbocycles. The normalized spacial score (nSPS) is 13.3. The number of aromatic nitrogens is 2. The van der Waals surface area contributed by atoms with Crippen LogP contribution in [0.4, 0.5) is 23.2 Å². The first-order valence-electron chi connectivity index (χ1n) is 10.4. The van der Waals surface area contributed by atoms with E-state index in [1.165, 1.54) is 29.3 Å². The fourth-order valence-electron chi connectivity index (χ4n) is 2.96. The van der Waals surface area contributed by atoms with Crippen LogP contribution in [0, 0.1) is 0 Å². The van der Waals surface area contributed by atoms with Gasteiger partial charge in [-0.15, -0.1) is 0 Å². The van der Waals surface area contributed by atoms with Gasteiger partial charge in [0.15, 0.2) is 0 Å². The van der Waals surface area contributed by atoms with Crippen molar-refractivity contribution in [2.24, 2.45) is 4.99 Å². The molecular weight excluding hydrogens is 720 g/mol. The number of fused-ring (bicyclic) bond motifs is 2. The topological polar surface area (TPSA) is 39.4 Å². The number of imidazole rings is 1. The number of alkyl halides is 5. The fourth-order valence-corrected chi connectivity index (χ4v) is 3.93. The van der Waals surface area contributed by atoms with E-state index in [1.54, 1.807) is 34.7 Å². The molecule has 0 amide bonds. The van der Waals surface area contributed by atoms with Crippen molar-refractivity contribution in [3.63, 3.8) is 0 Å². The minimum absolute atomic E-state index is 0. The Hall–Kier alpha value is -0.0500. The average Bonchev–Trinajstić information content (AvgIpc) is 3.58. The minimum atomic E-state index is -2.36. The Labute approximate surface area is 256 Å². The van der Waals surface area contributed by atoms with Crippen LogP contribution in [0.15, 0.2) is 56.7 Å². The van der Waals surface area contributed by atoms with Crippen LogP contribution in [0.5, 0.6) is 0 Å². The summed E-state index contributed by atoms with van der Waals surface area (Å²) >= 11 is 8.37. The van der Waals surface area contributed by atoms with E-state index in [0.29, 0.717) is 5.52 Å². The van der Waals surface area contributed by atoms with E-state index in [9.17, 15) is 17.6 Å². The molecule has 0 spiro atoms. The molecule has 35 heavy (non-hydrogen) atoms. The van der Waals surface area contributed by atoms with Crippen molar-refractivity contribution < 1.29 is 53.3 Å². The van der Waals surface area contributed by atoms with E-state index in [4.69, 9.17) is 4.74 Å². The van der Waals surface area contributed by atoms with Crippen molar-refractivity contribution in [3.05, 3.63) is 57.2 Å². The van der Waals surface area contributed by atoms with Gasteiger partial charge >= 0.3 is 29.6 Å². The summed E-state index contributed by atoms with van der Waals surface area (Å²) in [5.41, 5.74) is 3.85. The molecule has 0 N–H and O–H groups in total. The molecule has 1 saturated heterocycles. The molecule has 12 heteroatoms. The summed E-state index contributed by atoms with van der Waals surface area (Å²) in [6.45, 7) is 1.69. The summed E-state index contributed by atoms with van der Waals surface area (Å²) < 4.78 is 54.1. The van der Waals surface area contributed by atoms with Gasteiger partial charge in [0.2, 0.25) is 6.43 Å². The third kappa shape index (κ3) is 11.9. The van der Waals surface area contributed by atoms with Crippen LogP contribution < -0.4 is 29.6 Å². The van der Waals surface area contributed by atoms with Crippen molar-refractivity contribution in [2.45, 2.75) is 38.7 Å². The van der Waals surface area contributed by atoms with Crippen molar-refractivity contribution in [1.82, 2.24) is 9.55 Å². The van der Waals surface area contributed by atoms with Crippen LogP contribution in [0.1, 0.15) is 19.8 Å². The average molecular weight is 745 g/mol. The van der Waals surface area contributed by atoms with Gasteiger partial charge in [0.1, 0.15) is 5.52 Å². The predicted molar refractivity (Wildman–Crippen MR) is 145 cm³/mol. The van der Waals surface area contributed by atoms with Crippen molar-refractivity contribution >= 4 is 77.4 Å². The molecule has 0 bridgehead atoms. The van der Waals surface area contributed by atoms with E-state index in [0.717, 1.165) is 39.8 Å². The number of hydrogen-bond donors (Lipinski definition) is 0. The summed E-state index contributed by atoms with van der Waals surface area (Å²) in [6.07, 6.45) is 2.42. The molecule has 0 radical (unpaired) electrons. The Balaban J connectivity index is 0.000000488. The second-order valence-corrected chi connectivity index (χ2v) is 9.61. The van der Waals surface area contributed by atoms with E-state index < -0.39 is 12.9 Å². The third-order valence-electron chi connectivity index (χ3n) is 4.48. The monoisotopic (exact) mass is 743 g/mol. The van der Waals surface area contributed by atoms with E-state index in [2.05, 4.69) is 47.9 Å². The van der Waals surface area contributed by atoms with Crippen molar-refractivity contribution in [2.75, 3.05) is 17.6 Å². The van der Waals surface area contributed by atoms with Gasteiger partial charge in [0, 0.05) is 34.8 Å². The van der Waals surface area contributed by atoms with Gasteiger partial charge in [-0.1, -0.05) is 40.8 Å². The van der Waals surface area contributed by atoms with Crippen molar-refractivity contribution in [1.29, 1.82) is 0 Å². The van der Waals surface area contributed by atoms with Gasteiger partial charge in [-0.25, -0.2) is 22.5 Å². The molecule has 1 fully saturated rings. The van der Waals surface area contributed by atoms with Crippen LogP contribution in [-0.4, -0.2) is 46.3 Å². The maximum Gasteiger partial charge on any atom is 1.00 e. The largest absolute Gasteiger partial charge is 1.00 e. The molecule has 2 aliphatic rings. The number of halogens is 7. The zero-order chi connectivity index (χ0) is 24.9. The molecule has 2 aromatic carbocycles. The molecule has 3 heterocycles. The molecule has 2 aliphatic heterocycles. The number of aliphatic imine (C=N–C) groups is 1. The Morgan fingerprint density at radius 1 is 1.00 bits per heavy atom. The summed E-state index contributed by atoms with van der Waals surface area (Å²) in [7, 11) is 0. The van der Waals surface area contributed by atoms with Crippen LogP contribution in [0.3, 0.4) is 0 Å². The van der Waals surface area contributed by atoms with Gasteiger partial charge in [0.25, 0.3) is 6.43 Å². The molecule has 3 aromatic rings. The number of nitrogens with zero attached hydrogens (tertiary/aromatic N) is 3. The first kappa shape index (κ1) is 33.0. The Morgan fingerprint density at radius 3 is 2.17 bits per heavy atom. The number of hydrogen-bond acceptors (Lipinski definition) is 3. The molecule has 0 atom stereocenters. The number of benzene rings is 2. The van der Waals surface area contributed by atoms with Gasteiger partial charge in [-0.2, -0.15) is 0 Å². The Morgan fingerprint density at radius 2 is 1.63 bits per heavy atom. The van der Waals surface area contributed by atoms with Crippen LogP contribution >= 0.6 is 54.5 Å². The molecule has 188 valence electrons. The van der Waals surface area contributed by atoms with Crippen LogP contribution in [0.25, 0.3) is 11.0 Å². The molecule has 5 rings (SSSR count). The molecular formula is C23H25Br2F4IN3NaO. The summed E-state index contributed by atoms with van der Waals surface area (Å²) in [5, 5.41) is 0. The number of ether oxygens (including phenoxy) is 1. The SMILES string of the molecule is Brc1cccc2c1N=CC2.C1CCOC1.FC(F)CI.FC(F)Cn1cnc2c(Br)cccc21.[H-].[Na+]. The second kappa shape index (κ2) is 18.2. The quantitative estimate of drug-likeness (QED) is 0.157. The summed E-state index contributed by atoms with van der Waals surface area (Å²) in [6, 6.07) is 11.6. The first-order chi connectivity index (χ1) is 16.3. The van der Waals surface area contributed by atoms with E-state index >= 15 is 0 Å². The zero-order valence-corrected chi connectivity index (χ0v) is 26.4. The summed E-state index contributed by atoms with van der Waals surface area (Å²) in [5.74, 6) is 0. The van der Waals surface area contributed by atoms with E-state index in [1.807, 2.05) is 24.4 Å². The molecule has 1 aromatic heterocycles. The third-order valence-corrected chi connectivity index (χ3v) is 6.43. The standard InChI is InChI=1S/C9H7BrF2N2.C8H6BrN.C4H8O.C2H3F2I.Na.H/c10-6-2-1-3-7-9(6)13-5-14(7)4-8(11)12;9-7-3-1-2-6-4-5-10-8(6)7;1-2-4-5-3-1;3-2(4)1-5;;/h1-3,5,8H,4H2;1-3,5H,4H2;1-4H2;2H,1H2;;/q;;;;+1;-1. The van der Waals surface area contributed by atoms with Gasteiger partial charge in [0.05, 0.1) is 28.5 Å². The number of para-hydroxylation sites is 2. The smallest absolute Gasteiger partial charge is 1.00 e. The van der Waals surface area contributed by atoms with Crippen molar-refractivity contribution in [3.8, 4) is 0 Å². The predicted octanol–water partition coefficient (Wildman–Crippen LogP) is 5.37. The maximum absolute atomic E-state index is 12.2. The van der Waals surface area contributed by atoms with Gasteiger partial charge in [-0.05, 0) is 68.5 Å². The first-order valence-corrected chi connectivity index (χ1v) is 13.5. The minimum Gasteiger partial charge on any atom is -1.00 e. The molecule has 4 nitrogen and oxygen atoms in total. The Kier molecular flexibility index (Phi) is 17.2. The zero-order valence-electron chi connectivity index (χ0n) is 20.1. The van der Waals surface area contributed by atoms with Gasteiger partial charge in [-0.3, -0.25) is 4.99 Å².